The minimum absolute atomic E-state index is 0.0299. The zero-order valence-electron chi connectivity index (χ0n) is 16.5. The number of carbonyl (C=O) groups is 1. The van der Waals surface area contributed by atoms with E-state index in [-0.39, 0.29) is 11.8 Å². The van der Waals surface area contributed by atoms with Crippen molar-refractivity contribution in [3.05, 3.63) is 42.9 Å². The van der Waals surface area contributed by atoms with Gasteiger partial charge in [-0.1, -0.05) is 26.0 Å². The summed E-state index contributed by atoms with van der Waals surface area (Å²) in [7, 11) is 0. The number of H-pyrrole nitrogens is 1. The first-order valence-corrected chi connectivity index (χ1v) is 10.0. The minimum Gasteiger partial charge on any atom is -0.310 e. The monoisotopic (exact) mass is 377 g/mol. The molecule has 3 aromatic rings. The number of hydrogen-bond acceptors (Lipinski definition) is 4. The van der Waals surface area contributed by atoms with E-state index in [0.29, 0.717) is 11.7 Å². The molecule has 146 valence electrons. The summed E-state index contributed by atoms with van der Waals surface area (Å²) in [6, 6.07) is 8.15. The number of carbonyl (C=O) groups excluding carboxylic acids is 1. The number of fused-ring (bicyclic) bond motifs is 1. The van der Waals surface area contributed by atoms with Crippen molar-refractivity contribution in [2.24, 2.45) is 11.8 Å². The number of pyridine rings is 1. The van der Waals surface area contributed by atoms with Gasteiger partial charge in [-0.2, -0.15) is 5.10 Å². The van der Waals surface area contributed by atoms with Gasteiger partial charge in [0, 0.05) is 36.4 Å². The van der Waals surface area contributed by atoms with Gasteiger partial charge in [-0.05, 0) is 48.4 Å². The molecule has 1 aromatic carbocycles. The molecule has 28 heavy (non-hydrogen) atoms. The number of benzene rings is 1. The molecule has 1 aliphatic rings. The summed E-state index contributed by atoms with van der Waals surface area (Å²) in [6.45, 7) is 7.42. The van der Waals surface area contributed by atoms with Crippen LogP contribution in [0.5, 0.6) is 0 Å². The van der Waals surface area contributed by atoms with E-state index in [2.05, 4.69) is 51.4 Å². The van der Waals surface area contributed by atoms with Crippen molar-refractivity contribution < 1.29 is 4.79 Å². The Kier molecular flexibility index (Phi) is 5.39. The number of rotatable bonds is 5. The Morgan fingerprint density at radius 3 is 2.93 bits per heavy atom. The first-order valence-electron chi connectivity index (χ1n) is 10.0. The average molecular weight is 377 g/mol. The van der Waals surface area contributed by atoms with Crippen LogP contribution in [0.25, 0.3) is 21.9 Å². The molecular weight excluding hydrogens is 350 g/mol. The smallest absolute Gasteiger partial charge is 0.229 e. The summed E-state index contributed by atoms with van der Waals surface area (Å²) in [5, 5.41) is 12.0. The number of piperidine rings is 1. The van der Waals surface area contributed by atoms with Gasteiger partial charge in [-0.3, -0.25) is 9.89 Å². The quantitative estimate of drug-likeness (QED) is 0.706. The normalized spacial score (nSPS) is 17.9. The maximum atomic E-state index is 12.8. The largest absolute Gasteiger partial charge is 0.310 e. The maximum Gasteiger partial charge on any atom is 0.229 e. The second-order valence-electron chi connectivity index (χ2n) is 8.10. The third-order valence-corrected chi connectivity index (χ3v) is 5.30. The number of nitrogens with zero attached hydrogens (tertiary/aromatic N) is 3. The lowest BCUT2D eigenvalue weighted by Gasteiger charge is -2.32. The summed E-state index contributed by atoms with van der Waals surface area (Å²) >= 11 is 0. The van der Waals surface area contributed by atoms with Crippen LogP contribution in [0.2, 0.25) is 0 Å². The van der Waals surface area contributed by atoms with Gasteiger partial charge in [-0.15, -0.1) is 0 Å². The summed E-state index contributed by atoms with van der Waals surface area (Å²) in [4.78, 5) is 19.6. The van der Waals surface area contributed by atoms with Crippen molar-refractivity contribution in [1.82, 2.24) is 20.1 Å². The lowest BCUT2D eigenvalue weighted by molar-refractivity contribution is -0.121. The van der Waals surface area contributed by atoms with Crippen LogP contribution in [0.3, 0.4) is 0 Å². The topological polar surface area (TPSA) is 73.9 Å². The Morgan fingerprint density at radius 1 is 1.25 bits per heavy atom. The molecule has 6 nitrogen and oxygen atoms in total. The fourth-order valence-corrected chi connectivity index (χ4v) is 3.98. The van der Waals surface area contributed by atoms with E-state index in [4.69, 9.17) is 0 Å². The molecule has 1 amide bonds. The third kappa shape index (κ3) is 4.22. The van der Waals surface area contributed by atoms with Crippen LogP contribution in [0, 0.1) is 11.8 Å². The van der Waals surface area contributed by atoms with Crippen LogP contribution in [0.1, 0.15) is 26.7 Å². The van der Waals surface area contributed by atoms with Gasteiger partial charge in [0.2, 0.25) is 5.91 Å². The first kappa shape index (κ1) is 18.6. The predicted molar refractivity (Wildman–Crippen MR) is 112 cm³/mol. The van der Waals surface area contributed by atoms with Crippen LogP contribution in [0.4, 0.5) is 5.82 Å². The van der Waals surface area contributed by atoms with Gasteiger partial charge in [0.15, 0.2) is 0 Å². The second kappa shape index (κ2) is 8.10. The van der Waals surface area contributed by atoms with E-state index in [1.165, 1.54) is 0 Å². The van der Waals surface area contributed by atoms with Crippen LogP contribution < -0.4 is 5.32 Å². The number of aromatic nitrogens is 3. The van der Waals surface area contributed by atoms with E-state index < -0.39 is 0 Å². The zero-order valence-corrected chi connectivity index (χ0v) is 16.5. The molecule has 1 unspecified atom stereocenters. The molecule has 2 aromatic heterocycles. The Bertz CT molecular complexity index is 951. The average Bonchev–Trinajstić information content (AvgIpc) is 3.22. The van der Waals surface area contributed by atoms with Crippen LogP contribution in [0.15, 0.2) is 42.9 Å². The number of likely N-dealkylation sites (tertiary alicyclic amines) is 1. The van der Waals surface area contributed by atoms with Crippen LogP contribution in [-0.2, 0) is 4.79 Å². The van der Waals surface area contributed by atoms with Crippen molar-refractivity contribution in [2.75, 3.05) is 25.0 Å². The molecule has 1 atom stereocenters. The molecule has 0 aliphatic carbocycles. The van der Waals surface area contributed by atoms with Gasteiger partial charge >= 0.3 is 0 Å². The number of aromatic amines is 1. The SMILES string of the molecule is CC(C)CN1CCCC(C(=O)Nc2cc3cc(-c4cn[nH]c4)ccc3cn2)C1. The molecule has 4 rings (SSSR count). The molecule has 1 aliphatic heterocycles. The standard InChI is InChI=1S/C22H27N5O/c1-15(2)13-27-7-3-4-18(14-27)22(28)26-21-9-19-8-16(20-11-24-25-12-20)5-6-17(19)10-23-21/h5-6,8-12,15,18H,3-4,7,13-14H2,1-2H3,(H,24,25)(H,23,26,28). The lowest BCUT2D eigenvalue weighted by atomic mass is 9.96. The summed E-state index contributed by atoms with van der Waals surface area (Å²) in [5.74, 6) is 1.34. The molecule has 2 N–H and O–H groups in total. The molecule has 1 saturated heterocycles. The van der Waals surface area contributed by atoms with E-state index in [1.54, 1.807) is 6.20 Å². The van der Waals surface area contributed by atoms with Gasteiger partial charge in [-0.25, -0.2) is 4.98 Å². The van der Waals surface area contributed by atoms with Crippen molar-refractivity contribution in [1.29, 1.82) is 0 Å². The molecule has 6 heteroatoms. The summed E-state index contributed by atoms with van der Waals surface area (Å²) in [5.41, 5.74) is 2.12. The van der Waals surface area contributed by atoms with Gasteiger partial charge < -0.3 is 10.2 Å². The Balaban J connectivity index is 1.48. The van der Waals surface area contributed by atoms with Gasteiger partial charge in [0.1, 0.15) is 5.82 Å². The highest BCUT2D eigenvalue weighted by atomic mass is 16.2. The molecular formula is C22H27N5O. The van der Waals surface area contributed by atoms with Crippen LogP contribution >= 0.6 is 0 Å². The minimum atomic E-state index is 0.0299. The second-order valence-corrected chi connectivity index (χ2v) is 8.10. The Labute approximate surface area is 165 Å². The zero-order chi connectivity index (χ0) is 19.5. The van der Waals surface area contributed by atoms with E-state index >= 15 is 0 Å². The van der Waals surface area contributed by atoms with Crippen molar-refractivity contribution in [3.8, 4) is 11.1 Å². The van der Waals surface area contributed by atoms with Crippen molar-refractivity contribution >= 4 is 22.5 Å². The highest BCUT2D eigenvalue weighted by molar-refractivity contribution is 5.95. The number of anilines is 1. The van der Waals surface area contributed by atoms with E-state index in [1.807, 2.05) is 24.5 Å². The molecule has 0 saturated carbocycles. The number of amides is 1. The fourth-order valence-electron chi connectivity index (χ4n) is 3.98. The summed E-state index contributed by atoms with van der Waals surface area (Å²) < 4.78 is 0. The van der Waals surface area contributed by atoms with Crippen molar-refractivity contribution in [2.45, 2.75) is 26.7 Å². The molecule has 0 spiro atoms. The van der Waals surface area contributed by atoms with Gasteiger partial charge in [0.25, 0.3) is 0 Å². The molecule has 1 fully saturated rings. The van der Waals surface area contributed by atoms with E-state index in [0.717, 1.165) is 54.4 Å². The van der Waals surface area contributed by atoms with Crippen molar-refractivity contribution in [3.63, 3.8) is 0 Å². The number of hydrogen-bond donors (Lipinski definition) is 2. The maximum absolute atomic E-state index is 12.8. The first-order chi connectivity index (χ1) is 13.6. The highest BCUT2D eigenvalue weighted by Gasteiger charge is 2.26. The third-order valence-electron chi connectivity index (χ3n) is 5.30. The molecule has 3 heterocycles. The molecule has 0 bridgehead atoms. The summed E-state index contributed by atoms with van der Waals surface area (Å²) in [6.07, 6.45) is 7.51. The Morgan fingerprint density at radius 2 is 2.14 bits per heavy atom. The fraction of sp³-hybridized carbons (Fsp3) is 0.409. The molecule has 0 radical (unpaired) electrons. The van der Waals surface area contributed by atoms with E-state index in [9.17, 15) is 4.79 Å². The lowest BCUT2D eigenvalue weighted by Crippen LogP contribution is -2.42. The predicted octanol–water partition coefficient (Wildman–Crippen LogP) is 3.93. The number of nitrogens with one attached hydrogen (secondary N) is 2. The van der Waals surface area contributed by atoms with Crippen LogP contribution in [-0.4, -0.2) is 45.6 Å². The highest BCUT2D eigenvalue weighted by Crippen LogP contribution is 2.25. The van der Waals surface area contributed by atoms with Gasteiger partial charge in [0.05, 0.1) is 12.1 Å². The Hall–Kier alpha value is -2.73.